The van der Waals surface area contributed by atoms with Gasteiger partial charge in [0.15, 0.2) is 5.65 Å². The summed E-state index contributed by atoms with van der Waals surface area (Å²) in [6, 6.07) is 2.16. The Morgan fingerprint density at radius 3 is 3.00 bits per heavy atom. The summed E-state index contributed by atoms with van der Waals surface area (Å²) in [7, 11) is 1.71. The first-order valence-electron chi connectivity index (χ1n) is 6.47. The number of ether oxygens (including phenoxy) is 1. The molecule has 0 aliphatic carbocycles. The Morgan fingerprint density at radius 2 is 2.35 bits per heavy atom. The minimum absolute atomic E-state index is 0.113. The second kappa shape index (κ2) is 4.75. The Labute approximate surface area is 115 Å². The van der Waals surface area contributed by atoms with E-state index in [1.54, 1.807) is 13.3 Å². The smallest absolute Gasteiger partial charge is 0.341 e. The molecule has 3 heterocycles. The van der Waals surface area contributed by atoms with Crippen LogP contribution < -0.4 is 4.90 Å². The van der Waals surface area contributed by atoms with Crippen molar-refractivity contribution in [2.45, 2.75) is 25.5 Å². The maximum atomic E-state index is 11.1. The van der Waals surface area contributed by atoms with E-state index in [1.807, 2.05) is 6.07 Å². The lowest BCUT2D eigenvalue weighted by Crippen LogP contribution is -2.28. The minimum atomic E-state index is -1.02. The standard InChI is InChI=1S/C13H16N4O3/c1-8-5-9(20-2)7-16(8)11-3-4-17-12(15-11)10(6-14-17)13(18)19/h3-4,6,8-9H,5,7H2,1-2H3,(H,18,19). The van der Waals surface area contributed by atoms with Crippen LogP contribution in [0.3, 0.4) is 0 Å². The van der Waals surface area contributed by atoms with Gasteiger partial charge in [0.05, 0.1) is 12.3 Å². The fourth-order valence-electron chi connectivity index (χ4n) is 2.64. The molecule has 2 aromatic heterocycles. The van der Waals surface area contributed by atoms with Gasteiger partial charge in [0.1, 0.15) is 11.4 Å². The summed E-state index contributed by atoms with van der Waals surface area (Å²) in [4.78, 5) is 17.7. The number of methoxy groups -OCH3 is 1. The molecule has 0 bridgehead atoms. The number of hydrogen-bond acceptors (Lipinski definition) is 5. The number of aromatic nitrogens is 3. The van der Waals surface area contributed by atoms with Crippen LogP contribution in [0, 0.1) is 0 Å². The number of rotatable bonds is 3. The first kappa shape index (κ1) is 12.9. The van der Waals surface area contributed by atoms with E-state index in [9.17, 15) is 4.79 Å². The van der Waals surface area contributed by atoms with Crippen LogP contribution in [0.2, 0.25) is 0 Å². The van der Waals surface area contributed by atoms with Crippen molar-refractivity contribution in [3.05, 3.63) is 24.0 Å². The zero-order valence-electron chi connectivity index (χ0n) is 11.4. The number of fused-ring (bicyclic) bond motifs is 1. The van der Waals surface area contributed by atoms with Crippen LogP contribution in [0.1, 0.15) is 23.7 Å². The van der Waals surface area contributed by atoms with Crippen molar-refractivity contribution in [3.63, 3.8) is 0 Å². The third kappa shape index (κ3) is 2.00. The molecule has 0 aromatic carbocycles. The summed E-state index contributed by atoms with van der Waals surface area (Å²) in [5.41, 5.74) is 0.477. The number of hydrogen-bond donors (Lipinski definition) is 1. The van der Waals surface area contributed by atoms with Gasteiger partial charge in [0, 0.05) is 25.9 Å². The molecule has 2 unspecified atom stereocenters. The van der Waals surface area contributed by atoms with Crippen molar-refractivity contribution < 1.29 is 14.6 Å². The highest BCUT2D eigenvalue weighted by atomic mass is 16.5. The second-order valence-electron chi connectivity index (χ2n) is 5.01. The average Bonchev–Trinajstić information content (AvgIpc) is 3.01. The molecule has 3 rings (SSSR count). The molecule has 1 aliphatic rings. The van der Waals surface area contributed by atoms with Crippen LogP contribution in [0.4, 0.5) is 5.82 Å². The topological polar surface area (TPSA) is 80.0 Å². The first-order chi connectivity index (χ1) is 9.60. The maximum Gasteiger partial charge on any atom is 0.341 e. The van der Waals surface area contributed by atoms with Gasteiger partial charge in [-0.1, -0.05) is 0 Å². The van der Waals surface area contributed by atoms with E-state index in [0.29, 0.717) is 11.7 Å². The van der Waals surface area contributed by atoms with Gasteiger partial charge in [-0.3, -0.25) is 0 Å². The lowest BCUT2D eigenvalue weighted by molar-refractivity contribution is 0.0698. The van der Waals surface area contributed by atoms with E-state index in [2.05, 4.69) is 21.9 Å². The average molecular weight is 276 g/mol. The molecule has 1 N–H and O–H groups in total. The molecule has 2 aromatic rings. The molecule has 1 aliphatic heterocycles. The van der Waals surface area contributed by atoms with Gasteiger partial charge in [-0.15, -0.1) is 0 Å². The van der Waals surface area contributed by atoms with Crippen LogP contribution in [0.15, 0.2) is 18.5 Å². The summed E-state index contributed by atoms with van der Waals surface area (Å²) in [5, 5.41) is 13.1. The molecule has 0 spiro atoms. The zero-order chi connectivity index (χ0) is 14.3. The van der Waals surface area contributed by atoms with Crippen molar-refractivity contribution >= 4 is 17.4 Å². The molecular weight excluding hydrogens is 260 g/mol. The summed E-state index contributed by atoms with van der Waals surface area (Å²) in [6.45, 7) is 2.87. The molecule has 0 radical (unpaired) electrons. The summed E-state index contributed by atoms with van der Waals surface area (Å²) in [5.74, 6) is -0.263. The lowest BCUT2D eigenvalue weighted by atomic mass is 10.2. The van der Waals surface area contributed by atoms with Crippen molar-refractivity contribution in [3.8, 4) is 0 Å². The Hall–Kier alpha value is -2.15. The number of carbonyl (C=O) groups is 1. The van der Waals surface area contributed by atoms with Gasteiger partial charge in [0.25, 0.3) is 0 Å². The van der Waals surface area contributed by atoms with Crippen molar-refractivity contribution in [1.82, 2.24) is 14.6 Å². The quantitative estimate of drug-likeness (QED) is 0.902. The molecular formula is C13H16N4O3. The predicted molar refractivity (Wildman–Crippen MR) is 72.2 cm³/mol. The molecule has 0 amide bonds. The summed E-state index contributed by atoms with van der Waals surface area (Å²) >= 11 is 0. The third-order valence-corrected chi connectivity index (χ3v) is 3.75. The number of carboxylic acids is 1. The second-order valence-corrected chi connectivity index (χ2v) is 5.01. The fraction of sp³-hybridized carbons (Fsp3) is 0.462. The van der Waals surface area contributed by atoms with Crippen LogP contribution in [-0.4, -0.2) is 51.5 Å². The highest BCUT2D eigenvalue weighted by molar-refractivity contribution is 5.94. The number of anilines is 1. The summed E-state index contributed by atoms with van der Waals surface area (Å²) < 4.78 is 6.86. The van der Waals surface area contributed by atoms with E-state index >= 15 is 0 Å². The minimum Gasteiger partial charge on any atom is -0.477 e. The number of carboxylic acid groups (broad SMARTS) is 1. The summed E-state index contributed by atoms with van der Waals surface area (Å²) in [6.07, 6.45) is 4.18. The molecule has 7 nitrogen and oxygen atoms in total. The molecule has 1 fully saturated rings. The van der Waals surface area contributed by atoms with E-state index < -0.39 is 5.97 Å². The van der Waals surface area contributed by atoms with E-state index in [4.69, 9.17) is 9.84 Å². The highest BCUT2D eigenvalue weighted by Crippen LogP contribution is 2.26. The van der Waals surface area contributed by atoms with Crippen LogP contribution >= 0.6 is 0 Å². The van der Waals surface area contributed by atoms with E-state index in [-0.39, 0.29) is 11.7 Å². The Kier molecular flexibility index (Phi) is 3.06. The largest absolute Gasteiger partial charge is 0.477 e. The van der Waals surface area contributed by atoms with Crippen molar-refractivity contribution in [1.29, 1.82) is 0 Å². The number of nitrogens with zero attached hydrogens (tertiary/aromatic N) is 4. The van der Waals surface area contributed by atoms with Gasteiger partial charge in [-0.25, -0.2) is 14.3 Å². The van der Waals surface area contributed by atoms with Crippen LogP contribution in [0.5, 0.6) is 0 Å². The Morgan fingerprint density at radius 1 is 1.55 bits per heavy atom. The first-order valence-corrected chi connectivity index (χ1v) is 6.47. The maximum absolute atomic E-state index is 11.1. The molecule has 0 saturated carbocycles. The van der Waals surface area contributed by atoms with Crippen molar-refractivity contribution in [2.75, 3.05) is 18.6 Å². The molecule has 1 saturated heterocycles. The van der Waals surface area contributed by atoms with E-state index in [1.165, 1.54) is 10.7 Å². The SMILES string of the molecule is COC1CC(C)N(c2ccn3ncc(C(=O)O)c3n2)C1. The fourth-order valence-corrected chi connectivity index (χ4v) is 2.64. The van der Waals surface area contributed by atoms with Gasteiger partial charge >= 0.3 is 5.97 Å². The van der Waals surface area contributed by atoms with Gasteiger partial charge in [-0.2, -0.15) is 5.10 Å². The van der Waals surface area contributed by atoms with Gasteiger partial charge in [-0.05, 0) is 19.4 Å². The third-order valence-electron chi connectivity index (χ3n) is 3.75. The van der Waals surface area contributed by atoms with Gasteiger partial charge in [0.2, 0.25) is 0 Å². The number of aromatic carboxylic acids is 1. The molecule has 106 valence electrons. The normalized spacial score (nSPS) is 22.6. The van der Waals surface area contributed by atoms with Crippen LogP contribution in [0.25, 0.3) is 5.65 Å². The molecule has 7 heteroatoms. The predicted octanol–water partition coefficient (Wildman–Crippen LogP) is 1.04. The Bertz CT molecular complexity index is 654. The highest BCUT2D eigenvalue weighted by Gasteiger charge is 2.30. The molecule has 20 heavy (non-hydrogen) atoms. The van der Waals surface area contributed by atoms with Crippen molar-refractivity contribution in [2.24, 2.45) is 0 Å². The monoisotopic (exact) mass is 276 g/mol. The molecule has 2 atom stereocenters. The zero-order valence-corrected chi connectivity index (χ0v) is 11.4. The Balaban J connectivity index is 2.00. The lowest BCUT2D eigenvalue weighted by Gasteiger charge is -2.22. The van der Waals surface area contributed by atoms with Gasteiger partial charge < -0.3 is 14.7 Å². The van der Waals surface area contributed by atoms with E-state index in [0.717, 1.165) is 18.8 Å². The van der Waals surface area contributed by atoms with Crippen LogP contribution in [-0.2, 0) is 4.74 Å².